The molecule has 0 spiro atoms. The van der Waals surface area contributed by atoms with Crippen LogP contribution in [0.25, 0.3) is 0 Å². The van der Waals surface area contributed by atoms with Gasteiger partial charge in [0.2, 0.25) is 0 Å². The van der Waals surface area contributed by atoms with Crippen LogP contribution in [-0.2, 0) is 0 Å². The quantitative estimate of drug-likeness (QED) is 0.925. The van der Waals surface area contributed by atoms with E-state index in [1.165, 1.54) is 6.20 Å². The fraction of sp³-hybridized carbons (Fsp3) is 0.167. The summed E-state index contributed by atoms with van der Waals surface area (Å²) in [4.78, 5) is 24.1. The van der Waals surface area contributed by atoms with Crippen molar-refractivity contribution in [3.05, 3.63) is 46.1 Å². The monoisotopic (exact) mass is 306 g/mol. The van der Waals surface area contributed by atoms with E-state index in [1.54, 1.807) is 12.3 Å². The van der Waals surface area contributed by atoms with Gasteiger partial charge in [-0.25, -0.2) is 9.97 Å². The van der Waals surface area contributed by atoms with Gasteiger partial charge in [0.1, 0.15) is 11.5 Å². The molecule has 0 aromatic carbocycles. The Balaban J connectivity index is 2.16. The Kier molecular flexibility index (Phi) is 3.66. The highest BCUT2D eigenvalue weighted by Crippen LogP contribution is 2.16. The molecule has 6 heteroatoms. The Hall–Kier alpha value is -1.82. The number of carbonyl (C=O) groups excluding carboxylic acids is 1. The minimum Gasteiger partial charge on any atom is -0.305 e. The lowest BCUT2D eigenvalue weighted by atomic mass is 10.3. The second-order valence-corrected chi connectivity index (χ2v) is 4.62. The van der Waals surface area contributed by atoms with Crippen LogP contribution in [0.5, 0.6) is 0 Å². The summed E-state index contributed by atoms with van der Waals surface area (Å²) in [6, 6.07) is 3.55. The average Bonchev–Trinajstić information content (AvgIpc) is 2.34. The highest BCUT2D eigenvalue weighted by molar-refractivity contribution is 9.10. The van der Waals surface area contributed by atoms with Crippen LogP contribution in [0.3, 0.4) is 0 Å². The van der Waals surface area contributed by atoms with Gasteiger partial charge < -0.3 is 5.32 Å². The highest BCUT2D eigenvalue weighted by Gasteiger charge is 2.09. The maximum Gasteiger partial charge on any atom is 0.277 e. The van der Waals surface area contributed by atoms with Gasteiger partial charge in [0.05, 0.1) is 17.6 Å². The number of pyridine rings is 1. The number of aromatic nitrogens is 3. The fourth-order valence-corrected chi connectivity index (χ4v) is 1.52. The summed E-state index contributed by atoms with van der Waals surface area (Å²) in [5, 5.41) is 2.67. The minimum atomic E-state index is -0.322. The van der Waals surface area contributed by atoms with Gasteiger partial charge in [-0.2, -0.15) is 0 Å². The molecule has 0 unspecified atom stereocenters. The zero-order valence-corrected chi connectivity index (χ0v) is 11.5. The van der Waals surface area contributed by atoms with E-state index >= 15 is 0 Å². The van der Waals surface area contributed by atoms with E-state index in [-0.39, 0.29) is 11.6 Å². The van der Waals surface area contributed by atoms with Crippen LogP contribution in [-0.4, -0.2) is 20.9 Å². The van der Waals surface area contributed by atoms with E-state index in [1.807, 2.05) is 19.9 Å². The SMILES string of the molecule is Cc1cnc(C(=O)Nc2ccc(Br)c(C)n2)cn1. The van der Waals surface area contributed by atoms with Gasteiger partial charge in [-0.05, 0) is 41.9 Å². The predicted molar refractivity (Wildman–Crippen MR) is 71.4 cm³/mol. The van der Waals surface area contributed by atoms with Crippen LogP contribution < -0.4 is 5.32 Å². The Bertz CT molecular complexity index is 583. The molecule has 2 rings (SSSR count). The van der Waals surface area contributed by atoms with Crippen molar-refractivity contribution in [3.63, 3.8) is 0 Å². The second-order valence-electron chi connectivity index (χ2n) is 3.76. The Morgan fingerprint density at radius 2 is 2.00 bits per heavy atom. The normalized spacial score (nSPS) is 10.2. The summed E-state index contributed by atoms with van der Waals surface area (Å²) in [5.74, 6) is 0.166. The maximum atomic E-state index is 11.9. The third-order valence-electron chi connectivity index (χ3n) is 2.28. The summed E-state index contributed by atoms with van der Waals surface area (Å²) in [5.41, 5.74) is 1.84. The van der Waals surface area contributed by atoms with Gasteiger partial charge >= 0.3 is 0 Å². The smallest absolute Gasteiger partial charge is 0.277 e. The van der Waals surface area contributed by atoms with Crippen LogP contribution in [0.1, 0.15) is 21.9 Å². The highest BCUT2D eigenvalue weighted by atomic mass is 79.9. The summed E-state index contributed by atoms with van der Waals surface area (Å²) in [7, 11) is 0. The molecule has 0 radical (unpaired) electrons. The maximum absolute atomic E-state index is 11.9. The Labute approximate surface area is 113 Å². The van der Waals surface area contributed by atoms with Gasteiger partial charge in [-0.15, -0.1) is 0 Å². The first-order valence-electron chi connectivity index (χ1n) is 5.29. The molecule has 0 saturated heterocycles. The number of nitrogens with one attached hydrogen (secondary N) is 1. The number of rotatable bonds is 2. The molecule has 0 bridgehead atoms. The van der Waals surface area contributed by atoms with Gasteiger partial charge in [-0.3, -0.25) is 9.78 Å². The van der Waals surface area contributed by atoms with E-state index < -0.39 is 0 Å². The number of anilines is 1. The first kappa shape index (κ1) is 12.6. The van der Waals surface area contributed by atoms with Crippen LogP contribution in [0.15, 0.2) is 29.0 Å². The molecule has 2 heterocycles. The molecule has 2 aromatic rings. The first-order valence-corrected chi connectivity index (χ1v) is 6.08. The van der Waals surface area contributed by atoms with Crippen LogP contribution >= 0.6 is 15.9 Å². The van der Waals surface area contributed by atoms with Crippen molar-refractivity contribution < 1.29 is 4.79 Å². The summed E-state index contributed by atoms with van der Waals surface area (Å²) >= 11 is 3.35. The molecule has 0 aliphatic carbocycles. The minimum absolute atomic E-state index is 0.267. The van der Waals surface area contributed by atoms with E-state index in [0.717, 1.165) is 15.9 Å². The zero-order chi connectivity index (χ0) is 13.1. The van der Waals surface area contributed by atoms with Crippen molar-refractivity contribution in [2.45, 2.75) is 13.8 Å². The third kappa shape index (κ3) is 2.89. The third-order valence-corrected chi connectivity index (χ3v) is 3.11. The van der Waals surface area contributed by atoms with Crippen molar-refractivity contribution in [2.24, 2.45) is 0 Å². The van der Waals surface area contributed by atoms with Crippen molar-refractivity contribution in [1.29, 1.82) is 0 Å². The lowest BCUT2D eigenvalue weighted by Crippen LogP contribution is -2.15. The number of amides is 1. The average molecular weight is 307 g/mol. The molecule has 1 amide bonds. The van der Waals surface area contributed by atoms with Crippen molar-refractivity contribution >= 4 is 27.7 Å². The van der Waals surface area contributed by atoms with E-state index in [9.17, 15) is 4.79 Å². The standard InChI is InChI=1S/C12H11BrN4O/c1-7-5-15-10(6-14-7)12(18)17-11-4-3-9(13)8(2)16-11/h3-6H,1-2H3,(H,16,17,18). The topological polar surface area (TPSA) is 67.8 Å². The Morgan fingerprint density at radius 3 is 2.61 bits per heavy atom. The molecule has 2 aromatic heterocycles. The van der Waals surface area contributed by atoms with Gasteiger partial charge in [0, 0.05) is 10.7 Å². The first-order chi connectivity index (χ1) is 8.56. The molecule has 1 N–H and O–H groups in total. The molecule has 92 valence electrons. The van der Waals surface area contributed by atoms with E-state index in [4.69, 9.17) is 0 Å². The van der Waals surface area contributed by atoms with Gasteiger partial charge in [0.15, 0.2) is 0 Å². The fourth-order valence-electron chi connectivity index (χ4n) is 1.30. The predicted octanol–water partition coefficient (Wildman–Crippen LogP) is 2.50. The van der Waals surface area contributed by atoms with Crippen molar-refractivity contribution in [1.82, 2.24) is 15.0 Å². The molecular weight excluding hydrogens is 296 g/mol. The number of carbonyl (C=O) groups is 1. The van der Waals surface area contributed by atoms with Crippen LogP contribution in [0, 0.1) is 13.8 Å². The summed E-state index contributed by atoms with van der Waals surface area (Å²) < 4.78 is 0.899. The number of nitrogens with zero attached hydrogens (tertiary/aromatic N) is 3. The number of hydrogen-bond acceptors (Lipinski definition) is 4. The van der Waals surface area contributed by atoms with Crippen LogP contribution in [0.4, 0.5) is 5.82 Å². The lowest BCUT2D eigenvalue weighted by Gasteiger charge is -2.05. The van der Waals surface area contributed by atoms with Crippen molar-refractivity contribution in [3.8, 4) is 0 Å². The molecule has 18 heavy (non-hydrogen) atoms. The van der Waals surface area contributed by atoms with E-state index in [0.29, 0.717) is 5.82 Å². The van der Waals surface area contributed by atoms with Gasteiger partial charge in [0.25, 0.3) is 5.91 Å². The number of hydrogen-bond donors (Lipinski definition) is 1. The molecule has 0 atom stereocenters. The van der Waals surface area contributed by atoms with Gasteiger partial charge in [-0.1, -0.05) is 0 Å². The zero-order valence-electron chi connectivity index (χ0n) is 9.94. The van der Waals surface area contributed by atoms with E-state index in [2.05, 4.69) is 36.2 Å². The summed E-state index contributed by atoms with van der Waals surface area (Å²) in [6.45, 7) is 3.67. The molecule has 5 nitrogen and oxygen atoms in total. The largest absolute Gasteiger partial charge is 0.305 e. The molecule has 0 fully saturated rings. The molecule has 0 saturated carbocycles. The van der Waals surface area contributed by atoms with Crippen molar-refractivity contribution in [2.75, 3.05) is 5.32 Å². The molecule has 0 aliphatic rings. The van der Waals surface area contributed by atoms with Crippen LogP contribution in [0.2, 0.25) is 0 Å². The Morgan fingerprint density at radius 1 is 1.22 bits per heavy atom. The summed E-state index contributed by atoms with van der Waals surface area (Å²) in [6.07, 6.45) is 2.99. The molecule has 0 aliphatic heterocycles. The molecular formula is C12H11BrN4O. The number of aryl methyl sites for hydroxylation is 2. The number of halogens is 1. The lowest BCUT2D eigenvalue weighted by molar-refractivity contribution is 0.102. The second kappa shape index (κ2) is 5.22.